The molecule has 1 unspecified atom stereocenters. The molecule has 3 rings (SSSR count). The second-order valence-corrected chi connectivity index (χ2v) is 9.29. The van der Waals surface area contributed by atoms with Crippen molar-refractivity contribution in [3.8, 4) is 11.5 Å². The maximum atomic E-state index is 12.9. The second-order valence-electron chi connectivity index (χ2n) is 9.29. The molecule has 2 atom stereocenters. The van der Waals surface area contributed by atoms with Gasteiger partial charge < -0.3 is 24.1 Å². The molecule has 28 heavy (non-hydrogen) atoms. The number of nitrogens with zero attached hydrogens (tertiary/aromatic N) is 1. The molecule has 2 aliphatic heterocycles. The van der Waals surface area contributed by atoms with Crippen molar-refractivity contribution in [2.75, 3.05) is 6.61 Å². The van der Waals surface area contributed by atoms with E-state index in [0.29, 0.717) is 17.9 Å². The molecule has 1 saturated heterocycles. The van der Waals surface area contributed by atoms with Gasteiger partial charge in [0.05, 0.1) is 12.6 Å². The average Bonchev–Trinajstić information content (AvgIpc) is 2.96. The quantitative estimate of drug-likeness (QED) is 0.847. The van der Waals surface area contributed by atoms with Gasteiger partial charge in [0.2, 0.25) is 5.79 Å². The molecule has 0 bridgehead atoms. The minimum Gasteiger partial charge on any atom is -0.449 e. The smallest absolute Gasteiger partial charge is 0.412 e. The molecule has 0 radical (unpaired) electrons. The largest absolute Gasteiger partial charge is 0.449 e. The van der Waals surface area contributed by atoms with Gasteiger partial charge in [0.15, 0.2) is 11.5 Å². The Bertz CT molecular complexity index is 752. The first-order valence-corrected chi connectivity index (χ1v) is 9.63. The lowest BCUT2D eigenvalue weighted by Crippen LogP contribution is -2.51. The van der Waals surface area contributed by atoms with Crippen LogP contribution in [0.15, 0.2) is 18.2 Å². The van der Waals surface area contributed by atoms with Gasteiger partial charge >= 0.3 is 6.09 Å². The van der Waals surface area contributed by atoms with Crippen LogP contribution in [0, 0.1) is 0 Å². The van der Waals surface area contributed by atoms with Crippen molar-refractivity contribution < 1.29 is 28.8 Å². The fraction of sp³-hybridized carbons (Fsp3) is 0.667. The third-order valence-corrected chi connectivity index (χ3v) is 4.72. The van der Waals surface area contributed by atoms with Crippen LogP contribution < -0.4 is 9.47 Å². The van der Waals surface area contributed by atoms with Crippen LogP contribution in [-0.2, 0) is 15.9 Å². The molecule has 0 spiro atoms. The van der Waals surface area contributed by atoms with E-state index in [9.17, 15) is 9.90 Å². The summed E-state index contributed by atoms with van der Waals surface area (Å²) in [4.78, 5) is 14.5. The van der Waals surface area contributed by atoms with Gasteiger partial charge in [-0.15, -0.1) is 0 Å². The van der Waals surface area contributed by atoms with Gasteiger partial charge in [0.25, 0.3) is 0 Å². The van der Waals surface area contributed by atoms with Crippen molar-refractivity contribution in [3.63, 3.8) is 0 Å². The van der Waals surface area contributed by atoms with Gasteiger partial charge in [-0.2, -0.15) is 0 Å². The molecular weight excluding hydrogens is 362 g/mol. The Morgan fingerprint density at radius 2 is 1.82 bits per heavy atom. The highest BCUT2D eigenvalue weighted by atomic mass is 16.7. The van der Waals surface area contributed by atoms with Crippen molar-refractivity contribution in [2.24, 2.45) is 0 Å². The molecule has 1 fully saturated rings. The van der Waals surface area contributed by atoms with Crippen molar-refractivity contribution in [1.82, 2.24) is 4.90 Å². The van der Waals surface area contributed by atoms with E-state index < -0.39 is 29.3 Å². The molecule has 156 valence electrons. The van der Waals surface area contributed by atoms with Crippen LogP contribution in [0.3, 0.4) is 0 Å². The molecule has 2 aliphatic rings. The van der Waals surface area contributed by atoms with Crippen LogP contribution >= 0.6 is 0 Å². The van der Waals surface area contributed by atoms with Crippen molar-refractivity contribution in [3.05, 3.63) is 23.8 Å². The van der Waals surface area contributed by atoms with Crippen LogP contribution in [0.1, 0.15) is 54.0 Å². The van der Waals surface area contributed by atoms with Gasteiger partial charge in [-0.05, 0) is 58.7 Å². The minimum atomic E-state index is -0.890. The zero-order chi connectivity index (χ0) is 20.9. The molecule has 1 amide bonds. The SMILES string of the molecule is CC(C)(C)OC(=O)N1C(Cc2ccc3c(c2)OC(C)(C)O3)[C@@H](CO)OC1(C)C. The Hall–Kier alpha value is -1.99. The number of hydrogen-bond acceptors (Lipinski definition) is 6. The second kappa shape index (κ2) is 6.81. The van der Waals surface area contributed by atoms with Gasteiger partial charge in [-0.1, -0.05) is 6.07 Å². The molecule has 0 aliphatic carbocycles. The summed E-state index contributed by atoms with van der Waals surface area (Å²) in [5, 5.41) is 9.85. The Morgan fingerprint density at radius 1 is 1.18 bits per heavy atom. The number of ether oxygens (including phenoxy) is 4. The molecule has 1 N–H and O–H groups in total. The number of amides is 1. The highest BCUT2D eigenvalue weighted by molar-refractivity contribution is 5.70. The maximum Gasteiger partial charge on any atom is 0.412 e. The normalized spacial score (nSPS) is 25.1. The third-order valence-electron chi connectivity index (χ3n) is 4.72. The summed E-state index contributed by atoms with van der Waals surface area (Å²) >= 11 is 0. The Balaban J connectivity index is 1.86. The number of aliphatic hydroxyl groups excluding tert-OH is 1. The number of aliphatic hydroxyl groups is 1. The third kappa shape index (κ3) is 4.20. The summed E-state index contributed by atoms with van der Waals surface area (Å²) in [5.74, 6) is 0.666. The number of benzene rings is 1. The summed E-state index contributed by atoms with van der Waals surface area (Å²) in [7, 11) is 0. The van der Waals surface area contributed by atoms with Crippen LogP contribution in [-0.4, -0.2) is 52.0 Å². The summed E-state index contributed by atoms with van der Waals surface area (Å²) in [6, 6.07) is 5.35. The van der Waals surface area contributed by atoms with Gasteiger partial charge in [-0.3, -0.25) is 4.90 Å². The van der Waals surface area contributed by atoms with E-state index in [2.05, 4.69) is 0 Å². The number of carbonyl (C=O) groups excluding carboxylic acids is 1. The predicted molar refractivity (Wildman–Crippen MR) is 103 cm³/mol. The molecule has 7 nitrogen and oxygen atoms in total. The van der Waals surface area contributed by atoms with Crippen LogP contribution in [0.2, 0.25) is 0 Å². The van der Waals surface area contributed by atoms with E-state index in [4.69, 9.17) is 18.9 Å². The average molecular weight is 393 g/mol. The van der Waals surface area contributed by atoms with Crippen LogP contribution in [0.4, 0.5) is 4.79 Å². The topological polar surface area (TPSA) is 77.5 Å². The highest BCUT2D eigenvalue weighted by Gasteiger charge is 2.51. The zero-order valence-electron chi connectivity index (χ0n) is 17.7. The highest BCUT2D eigenvalue weighted by Crippen LogP contribution is 2.41. The van der Waals surface area contributed by atoms with Crippen LogP contribution in [0.5, 0.6) is 11.5 Å². The van der Waals surface area contributed by atoms with E-state index in [1.54, 1.807) is 4.90 Å². The van der Waals surface area contributed by atoms with Crippen molar-refractivity contribution in [1.29, 1.82) is 0 Å². The van der Waals surface area contributed by atoms with E-state index in [1.165, 1.54) is 0 Å². The van der Waals surface area contributed by atoms with Gasteiger partial charge in [-0.25, -0.2) is 4.79 Å². The summed E-state index contributed by atoms with van der Waals surface area (Å²) in [6.07, 6.45) is -0.477. The molecule has 2 heterocycles. The summed E-state index contributed by atoms with van der Waals surface area (Å²) in [5.41, 5.74) is -0.559. The molecule has 0 aromatic heterocycles. The van der Waals surface area contributed by atoms with Crippen LogP contribution in [0.25, 0.3) is 0 Å². The molecule has 1 aromatic rings. The minimum absolute atomic E-state index is 0.190. The first kappa shape index (κ1) is 20.7. The molecular formula is C21H31NO6. The summed E-state index contributed by atoms with van der Waals surface area (Å²) < 4.78 is 23.1. The zero-order valence-corrected chi connectivity index (χ0v) is 17.7. The molecule has 1 aromatic carbocycles. The fourth-order valence-corrected chi connectivity index (χ4v) is 3.75. The Labute approximate surface area is 166 Å². The van der Waals surface area contributed by atoms with E-state index in [1.807, 2.05) is 66.7 Å². The van der Waals surface area contributed by atoms with Crippen molar-refractivity contribution >= 4 is 6.09 Å². The number of carbonyl (C=O) groups is 1. The maximum absolute atomic E-state index is 12.9. The Kier molecular flexibility index (Phi) is 5.04. The lowest BCUT2D eigenvalue weighted by molar-refractivity contribution is -0.0866. The van der Waals surface area contributed by atoms with Gasteiger partial charge in [0, 0.05) is 13.8 Å². The van der Waals surface area contributed by atoms with E-state index in [-0.39, 0.29) is 12.6 Å². The van der Waals surface area contributed by atoms with E-state index >= 15 is 0 Å². The molecule has 7 heteroatoms. The lowest BCUT2D eigenvalue weighted by Gasteiger charge is -2.35. The van der Waals surface area contributed by atoms with Gasteiger partial charge in [0.1, 0.15) is 17.4 Å². The van der Waals surface area contributed by atoms with Crippen molar-refractivity contribution in [2.45, 2.75) is 84.1 Å². The predicted octanol–water partition coefficient (Wildman–Crippen LogP) is 3.47. The first-order chi connectivity index (χ1) is 12.8. The fourth-order valence-electron chi connectivity index (χ4n) is 3.75. The number of rotatable bonds is 3. The number of hydrogen-bond donors (Lipinski definition) is 1. The number of fused-ring (bicyclic) bond motifs is 1. The standard InChI is InChI=1S/C21H31NO6/c1-19(2,3)28-18(24)22-14(17(12-23)25-20(22,4)5)10-13-8-9-15-16(11-13)27-21(6,7)26-15/h8-9,11,14,17,23H,10,12H2,1-7H3/t14?,17-/m1/s1. The monoisotopic (exact) mass is 393 g/mol. The Morgan fingerprint density at radius 3 is 2.43 bits per heavy atom. The molecule has 0 saturated carbocycles. The lowest BCUT2D eigenvalue weighted by atomic mass is 10.00. The summed E-state index contributed by atoms with van der Waals surface area (Å²) in [6.45, 7) is 12.6. The van der Waals surface area contributed by atoms with E-state index in [0.717, 1.165) is 5.56 Å². The first-order valence-electron chi connectivity index (χ1n) is 9.63.